The van der Waals surface area contributed by atoms with Crippen LogP contribution < -0.4 is 5.32 Å². The van der Waals surface area contributed by atoms with Crippen LogP contribution in [0.3, 0.4) is 0 Å². The van der Waals surface area contributed by atoms with Crippen LogP contribution in [0.1, 0.15) is 32.4 Å². The molecule has 1 rings (SSSR count). The van der Waals surface area contributed by atoms with E-state index in [0.29, 0.717) is 0 Å². The van der Waals surface area contributed by atoms with E-state index in [1.807, 2.05) is 51.1 Å². The van der Waals surface area contributed by atoms with Crippen LogP contribution in [-0.4, -0.2) is 17.8 Å². The summed E-state index contributed by atoms with van der Waals surface area (Å²) in [5.74, 6) is 0. The minimum absolute atomic E-state index is 0.0156. The van der Waals surface area contributed by atoms with Gasteiger partial charge in [-0.2, -0.15) is 5.26 Å². The number of aliphatic hydroxyl groups excluding tert-OH is 1. The maximum absolute atomic E-state index is 9.42. The summed E-state index contributed by atoms with van der Waals surface area (Å²) in [5, 5.41) is 21.8. The fourth-order valence-electron chi connectivity index (χ4n) is 1.62. The first-order valence-electron chi connectivity index (χ1n) is 5.80. The van der Waals surface area contributed by atoms with Crippen LogP contribution in [0.5, 0.6) is 0 Å². The summed E-state index contributed by atoms with van der Waals surface area (Å²) in [6.45, 7) is 6.01. The number of nitrogens with zero attached hydrogens (tertiary/aromatic N) is 1. The number of hydrogen-bond donors (Lipinski definition) is 2. The Morgan fingerprint density at radius 1 is 1.29 bits per heavy atom. The third kappa shape index (κ3) is 3.85. The van der Waals surface area contributed by atoms with Gasteiger partial charge in [0.05, 0.1) is 18.7 Å². The van der Waals surface area contributed by atoms with Crippen molar-refractivity contribution in [3.05, 3.63) is 35.9 Å². The highest BCUT2D eigenvalue weighted by molar-refractivity contribution is 5.20. The molecule has 2 atom stereocenters. The Kier molecular flexibility index (Phi) is 4.68. The van der Waals surface area contributed by atoms with E-state index in [9.17, 15) is 5.11 Å². The molecule has 0 aliphatic carbocycles. The lowest BCUT2D eigenvalue weighted by molar-refractivity contribution is 0.211. The second-order valence-electron chi connectivity index (χ2n) is 5.24. The van der Waals surface area contributed by atoms with Gasteiger partial charge in [-0.25, -0.2) is 0 Å². The zero-order valence-electron chi connectivity index (χ0n) is 10.6. The summed E-state index contributed by atoms with van der Waals surface area (Å²) >= 11 is 0. The van der Waals surface area contributed by atoms with Gasteiger partial charge in [0, 0.05) is 0 Å². The molecule has 3 nitrogen and oxygen atoms in total. The van der Waals surface area contributed by atoms with Crippen LogP contribution in [0.25, 0.3) is 0 Å². The normalized spacial score (nSPS) is 15.0. The van der Waals surface area contributed by atoms with Gasteiger partial charge in [0.2, 0.25) is 0 Å². The number of benzene rings is 1. The molecule has 0 saturated heterocycles. The van der Waals surface area contributed by atoms with Crippen LogP contribution in [0.2, 0.25) is 0 Å². The van der Waals surface area contributed by atoms with Crippen molar-refractivity contribution in [2.45, 2.75) is 32.9 Å². The Labute approximate surface area is 103 Å². The van der Waals surface area contributed by atoms with E-state index in [1.165, 1.54) is 0 Å². The molecule has 0 unspecified atom stereocenters. The van der Waals surface area contributed by atoms with Crippen molar-refractivity contribution in [2.24, 2.45) is 5.41 Å². The van der Waals surface area contributed by atoms with Crippen molar-refractivity contribution in [2.75, 3.05) is 6.61 Å². The first kappa shape index (κ1) is 13.7. The molecular weight excluding hydrogens is 212 g/mol. The first-order valence-corrected chi connectivity index (χ1v) is 5.80. The minimum Gasteiger partial charge on any atom is -0.394 e. The van der Waals surface area contributed by atoms with Gasteiger partial charge in [0.1, 0.15) is 6.04 Å². The molecule has 0 saturated carbocycles. The van der Waals surface area contributed by atoms with Gasteiger partial charge in [0.15, 0.2) is 0 Å². The van der Waals surface area contributed by atoms with E-state index in [0.717, 1.165) is 5.56 Å². The summed E-state index contributed by atoms with van der Waals surface area (Å²) < 4.78 is 0. The summed E-state index contributed by atoms with van der Waals surface area (Å²) in [6.07, 6.45) is 0. The number of rotatable bonds is 4. The largest absolute Gasteiger partial charge is 0.394 e. The molecular formula is C14H20N2O. The van der Waals surface area contributed by atoms with Gasteiger partial charge in [0.25, 0.3) is 0 Å². The Balaban J connectivity index is 2.81. The Hall–Kier alpha value is -1.37. The second-order valence-corrected chi connectivity index (χ2v) is 5.24. The summed E-state index contributed by atoms with van der Waals surface area (Å²) in [6, 6.07) is 11.5. The van der Waals surface area contributed by atoms with E-state index < -0.39 is 0 Å². The van der Waals surface area contributed by atoms with E-state index in [4.69, 9.17) is 5.26 Å². The Morgan fingerprint density at radius 2 is 1.88 bits per heavy atom. The lowest BCUT2D eigenvalue weighted by Crippen LogP contribution is -2.42. The number of hydrogen-bond acceptors (Lipinski definition) is 3. The topological polar surface area (TPSA) is 56.0 Å². The molecule has 0 spiro atoms. The second kappa shape index (κ2) is 5.81. The molecule has 0 heterocycles. The lowest BCUT2D eigenvalue weighted by atomic mass is 9.87. The van der Waals surface area contributed by atoms with E-state index in [1.54, 1.807) is 0 Å². The molecule has 0 aliphatic rings. The van der Waals surface area contributed by atoms with Crippen molar-refractivity contribution in [3.8, 4) is 6.07 Å². The van der Waals surface area contributed by atoms with Crippen molar-refractivity contribution in [3.63, 3.8) is 0 Å². The van der Waals surface area contributed by atoms with Gasteiger partial charge in [-0.3, -0.25) is 5.32 Å². The van der Waals surface area contributed by atoms with Gasteiger partial charge >= 0.3 is 0 Å². The van der Waals surface area contributed by atoms with E-state index in [2.05, 4.69) is 11.4 Å². The molecule has 1 aromatic carbocycles. The highest BCUT2D eigenvalue weighted by Gasteiger charge is 2.26. The van der Waals surface area contributed by atoms with E-state index >= 15 is 0 Å². The number of nitriles is 1. The molecule has 2 N–H and O–H groups in total. The fraction of sp³-hybridized carbons (Fsp3) is 0.500. The molecule has 0 bridgehead atoms. The third-order valence-electron chi connectivity index (χ3n) is 2.75. The quantitative estimate of drug-likeness (QED) is 0.837. The average Bonchev–Trinajstić information content (AvgIpc) is 2.30. The number of nitrogens with one attached hydrogen (secondary N) is 1. The molecule has 0 amide bonds. The SMILES string of the molecule is CC(C)(C)[C@@H](C#N)N[C@@H](CO)c1ccccc1. The third-order valence-corrected chi connectivity index (χ3v) is 2.75. The molecule has 0 aliphatic heterocycles. The standard InChI is InChI=1S/C14H20N2O/c1-14(2,3)13(9-15)16-12(10-17)11-7-5-4-6-8-11/h4-8,12-13,16-17H,10H2,1-3H3/t12-,13+/m0/s1. The molecule has 17 heavy (non-hydrogen) atoms. The van der Waals surface area contributed by atoms with Crippen molar-refractivity contribution >= 4 is 0 Å². The molecule has 0 aromatic heterocycles. The Bertz CT molecular complexity index is 375. The lowest BCUT2D eigenvalue weighted by Gasteiger charge is -2.29. The fourth-order valence-corrected chi connectivity index (χ4v) is 1.62. The maximum Gasteiger partial charge on any atom is 0.101 e. The van der Waals surface area contributed by atoms with Gasteiger partial charge in [-0.15, -0.1) is 0 Å². The van der Waals surface area contributed by atoms with E-state index in [-0.39, 0.29) is 24.1 Å². The van der Waals surface area contributed by atoms with Crippen molar-refractivity contribution in [1.29, 1.82) is 5.26 Å². The predicted octanol–water partition coefficient (Wildman–Crippen LogP) is 2.25. The summed E-state index contributed by atoms with van der Waals surface area (Å²) in [5.41, 5.74) is 0.844. The van der Waals surface area contributed by atoms with Crippen molar-refractivity contribution < 1.29 is 5.11 Å². The van der Waals surface area contributed by atoms with Gasteiger partial charge in [-0.05, 0) is 11.0 Å². The molecule has 0 radical (unpaired) electrons. The maximum atomic E-state index is 9.42. The van der Waals surface area contributed by atoms with Crippen LogP contribution in [0.15, 0.2) is 30.3 Å². The van der Waals surface area contributed by atoms with Crippen LogP contribution >= 0.6 is 0 Å². The number of aliphatic hydroxyl groups is 1. The zero-order valence-corrected chi connectivity index (χ0v) is 10.6. The molecule has 92 valence electrons. The zero-order chi connectivity index (χ0) is 12.9. The van der Waals surface area contributed by atoms with Crippen LogP contribution in [0, 0.1) is 16.7 Å². The monoisotopic (exact) mass is 232 g/mol. The van der Waals surface area contributed by atoms with Crippen LogP contribution in [-0.2, 0) is 0 Å². The van der Waals surface area contributed by atoms with Gasteiger partial charge in [-0.1, -0.05) is 51.1 Å². The predicted molar refractivity (Wildman–Crippen MR) is 68.3 cm³/mol. The average molecular weight is 232 g/mol. The van der Waals surface area contributed by atoms with Crippen LogP contribution in [0.4, 0.5) is 0 Å². The summed E-state index contributed by atoms with van der Waals surface area (Å²) in [4.78, 5) is 0. The summed E-state index contributed by atoms with van der Waals surface area (Å²) in [7, 11) is 0. The highest BCUT2D eigenvalue weighted by atomic mass is 16.3. The minimum atomic E-state index is -0.292. The van der Waals surface area contributed by atoms with Gasteiger partial charge < -0.3 is 5.11 Å². The Morgan fingerprint density at radius 3 is 2.29 bits per heavy atom. The smallest absolute Gasteiger partial charge is 0.101 e. The molecule has 0 fully saturated rings. The van der Waals surface area contributed by atoms with Crippen molar-refractivity contribution in [1.82, 2.24) is 5.32 Å². The molecule has 1 aromatic rings. The highest BCUT2D eigenvalue weighted by Crippen LogP contribution is 2.22. The first-order chi connectivity index (χ1) is 7.99. The molecule has 3 heteroatoms.